The van der Waals surface area contributed by atoms with E-state index >= 15 is 0 Å². The molecular formula is C16H16Cl2FNO. The highest BCUT2D eigenvalue weighted by Crippen LogP contribution is 2.30. The monoisotopic (exact) mass is 327 g/mol. The lowest BCUT2D eigenvalue weighted by Crippen LogP contribution is -2.15. The molecule has 0 saturated carbocycles. The Morgan fingerprint density at radius 1 is 1.14 bits per heavy atom. The van der Waals surface area contributed by atoms with Gasteiger partial charge in [-0.25, -0.2) is 4.39 Å². The van der Waals surface area contributed by atoms with Gasteiger partial charge in [0.05, 0.1) is 17.2 Å². The molecule has 0 amide bonds. The SMILES string of the molecule is COc1ccc(F)cc1CC(CN)c1ccc(Cl)c(Cl)c1. The molecule has 0 aliphatic rings. The summed E-state index contributed by atoms with van der Waals surface area (Å²) in [7, 11) is 1.56. The minimum absolute atomic E-state index is 0.00969. The number of rotatable bonds is 5. The van der Waals surface area contributed by atoms with Crippen LogP contribution in [0.3, 0.4) is 0 Å². The minimum atomic E-state index is -0.296. The molecule has 2 rings (SSSR count). The van der Waals surface area contributed by atoms with Crippen molar-refractivity contribution in [3.05, 3.63) is 63.4 Å². The molecule has 2 N–H and O–H groups in total. The van der Waals surface area contributed by atoms with Crippen molar-refractivity contribution in [2.45, 2.75) is 12.3 Å². The topological polar surface area (TPSA) is 35.2 Å². The number of halogens is 3. The number of benzene rings is 2. The van der Waals surface area contributed by atoms with Crippen molar-refractivity contribution < 1.29 is 9.13 Å². The Balaban J connectivity index is 2.30. The molecule has 2 aromatic rings. The van der Waals surface area contributed by atoms with Gasteiger partial charge >= 0.3 is 0 Å². The first-order valence-electron chi connectivity index (χ1n) is 6.52. The lowest BCUT2D eigenvalue weighted by molar-refractivity contribution is 0.406. The van der Waals surface area contributed by atoms with E-state index in [1.54, 1.807) is 25.3 Å². The first-order valence-corrected chi connectivity index (χ1v) is 7.28. The van der Waals surface area contributed by atoms with E-state index in [4.69, 9.17) is 33.7 Å². The zero-order valence-electron chi connectivity index (χ0n) is 11.6. The van der Waals surface area contributed by atoms with Gasteiger partial charge in [-0.2, -0.15) is 0 Å². The van der Waals surface area contributed by atoms with E-state index in [0.717, 1.165) is 11.1 Å². The molecule has 0 aliphatic carbocycles. The fourth-order valence-electron chi connectivity index (χ4n) is 2.28. The number of ether oxygens (including phenoxy) is 1. The van der Waals surface area contributed by atoms with E-state index in [9.17, 15) is 4.39 Å². The fraction of sp³-hybridized carbons (Fsp3) is 0.250. The van der Waals surface area contributed by atoms with Gasteiger partial charge < -0.3 is 10.5 Å². The summed E-state index contributed by atoms with van der Waals surface area (Å²) in [5, 5.41) is 0.985. The smallest absolute Gasteiger partial charge is 0.123 e. The molecule has 21 heavy (non-hydrogen) atoms. The third-order valence-corrected chi connectivity index (χ3v) is 4.15. The molecule has 0 aliphatic heterocycles. The van der Waals surface area contributed by atoms with Gasteiger partial charge in [0.15, 0.2) is 0 Å². The second kappa shape index (κ2) is 7.12. The summed E-state index contributed by atoms with van der Waals surface area (Å²) in [6, 6.07) is 9.89. The predicted molar refractivity (Wildman–Crippen MR) is 84.9 cm³/mol. The lowest BCUT2D eigenvalue weighted by atomic mass is 9.91. The number of methoxy groups -OCH3 is 1. The summed E-state index contributed by atoms with van der Waals surface area (Å²) in [5.74, 6) is 0.362. The van der Waals surface area contributed by atoms with Gasteiger partial charge in [0.1, 0.15) is 11.6 Å². The number of nitrogens with two attached hydrogens (primary N) is 1. The van der Waals surface area contributed by atoms with E-state index in [1.165, 1.54) is 12.1 Å². The molecule has 0 spiro atoms. The van der Waals surface area contributed by atoms with Gasteiger partial charge in [-0.1, -0.05) is 29.3 Å². The zero-order chi connectivity index (χ0) is 15.4. The van der Waals surface area contributed by atoms with E-state index < -0.39 is 0 Å². The molecule has 0 aromatic heterocycles. The molecule has 1 unspecified atom stereocenters. The Hall–Kier alpha value is -1.29. The second-order valence-electron chi connectivity index (χ2n) is 4.77. The third-order valence-electron chi connectivity index (χ3n) is 3.41. The average molecular weight is 328 g/mol. The summed E-state index contributed by atoms with van der Waals surface area (Å²) < 4.78 is 18.7. The van der Waals surface area contributed by atoms with Crippen LogP contribution >= 0.6 is 23.2 Å². The van der Waals surface area contributed by atoms with Crippen molar-refractivity contribution in [3.63, 3.8) is 0 Å². The van der Waals surface area contributed by atoms with Crippen molar-refractivity contribution in [2.75, 3.05) is 13.7 Å². The highest BCUT2D eigenvalue weighted by atomic mass is 35.5. The summed E-state index contributed by atoms with van der Waals surface area (Å²) in [6.45, 7) is 0.414. The Morgan fingerprint density at radius 2 is 1.90 bits per heavy atom. The van der Waals surface area contributed by atoms with Crippen molar-refractivity contribution in [3.8, 4) is 5.75 Å². The van der Waals surface area contributed by atoms with E-state index in [-0.39, 0.29) is 11.7 Å². The first kappa shape index (κ1) is 16.1. The first-order chi connectivity index (χ1) is 10.0. The highest BCUT2D eigenvalue weighted by Gasteiger charge is 2.15. The van der Waals surface area contributed by atoms with E-state index in [0.29, 0.717) is 28.8 Å². The maximum Gasteiger partial charge on any atom is 0.123 e. The van der Waals surface area contributed by atoms with Crippen molar-refractivity contribution in [2.24, 2.45) is 5.73 Å². The van der Waals surface area contributed by atoms with Crippen LogP contribution < -0.4 is 10.5 Å². The summed E-state index contributed by atoms with van der Waals surface area (Å²) in [4.78, 5) is 0. The molecule has 0 bridgehead atoms. The maximum atomic E-state index is 13.4. The van der Waals surface area contributed by atoms with E-state index in [2.05, 4.69) is 0 Å². The Labute approximate surface area is 133 Å². The van der Waals surface area contributed by atoms with Crippen molar-refractivity contribution >= 4 is 23.2 Å². The minimum Gasteiger partial charge on any atom is -0.496 e. The number of hydrogen-bond donors (Lipinski definition) is 1. The average Bonchev–Trinajstić information content (AvgIpc) is 2.48. The Morgan fingerprint density at radius 3 is 2.52 bits per heavy atom. The molecular weight excluding hydrogens is 312 g/mol. The van der Waals surface area contributed by atoms with Crippen LogP contribution in [-0.4, -0.2) is 13.7 Å². The van der Waals surface area contributed by atoms with E-state index in [1.807, 2.05) is 6.07 Å². The van der Waals surface area contributed by atoms with Gasteiger partial charge in [0, 0.05) is 5.92 Å². The van der Waals surface area contributed by atoms with Crippen LogP contribution in [0.15, 0.2) is 36.4 Å². The van der Waals surface area contributed by atoms with Gasteiger partial charge in [0.2, 0.25) is 0 Å². The van der Waals surface area contributed by atoms with Crippen LogP contribution in [-0.2, 0) is 6.42 Å². The lowest BCUT2D eigenvalue weighted by Gasteiger charge is -2.18. The molecule has 0 radical (unpaired) electrons. The Kier molecular flexibility index (Phi) is 5.45. The van der Waals surface area contributed by atoms with Crippen LogP contribution in [0.4, 0.5) is 4.39 Å². The standard InChI is InChI=1S/C16H16Cl2FNO/c1-21-16-5-3-13(19)7-11(16)6-12(9-20)10-2-4-14(17)15(18)8-10/h2-5,7-8,12H,6,9,20H2,1H3. The van der Waals surface area contributed by atoms with Gasteiger partial charge in [0.25, 0.3) is 0 Å². The molecule has 5 heteroatoms. The van der Waals surface area contributed by atoms with Crippen LogP contribution in [0.25, 0.3) is 0 Å². The van der Waals surface area contributed by atoms with Crippen LogP contribution in [0.5, 0.6) is 5.75 Å². The summed E-state index contributed by atoms with van der Waals surface area (Å²) in [5.41, 5.74) is 7.61. The molecule has 0 heterocycles. The highest BCUT2D eigenvalue weighted by molar-refractivity contribution is 6.42. The van der Waals surface area contributed by atoms with Crippen LogP contribution in [0.2, 0.25) is 10.0 Å². The van der Waals surface area contributed by atoms with Gasteiger partial charge in [-0.3, -0.25) is 0 Å². The van der Waals surface area contributed by atoms with Gasteiger partial charge in [-0.05, 0) is 54.4 Å². The Bertz CT molecular complexity index is 634. The molecule has 0 saturated heterocycles. The summed E-state index contributed by atoms with van der Waals surface area (Å²) in [6.07, 6.45) is 0.565. The summed E-state index contributed by atoms with van der Waals surface area (Å²) >= 11 is 12.0. The van der Waals surface area contributed by atoms with Crippen LogP contribution in [0, 0.1) is 5.82 Å². The third kappa shape index (κ3) is 3.88. The molecule has 2 aromatic carbocycles. The molecule has 2 nitrogen and oxygen atoms in total. The molecule has 112 valence electrons. The predicted octanol–water partition coefficient (Wildman–Crippen LogP) is 4.43. The fourth-order valence-corrected chi connectivity index (χ4v) is 2.58. The van der Waals surface area contributed by atoms with Crippen LogP contribution in [0.1, 0.15) is 17.0 Å². The largest absolute Gasteiger partial charge is 0.496 e. The van der Waals surface area contributed by atoms with Crippen molar-refractivity contribution in [1.82, 2.24) is 0 Å². The number of hydrogen-bond acceptors (Lipinski definition) is 2. The normalized spacial score (nSPS) is 12.2. The van der Waals surface area contributed by atoms with Crippen molar-refractivity contribution in [1.29, 1.82) is 0 Å². The second-order valence-corrected chi connectivity index (χ2v) is 5.58. The quantitative estimate of drug-likeness (QED) is 0.881. The molecule has 1 atom stereocenters. The van der Waals surface area contributed by atoms with Gasteiger partial charge in [-0.15, -0.1) is 0 Å². The molecule has 0 fully saturated rings. The maximum absolute atomic E-state index is 13.4. The zero-order valence-corrected chi connectivity index (χ0v) is 13.1.